The largest absolute Gasteiger partial charge is 0.481 e. The highest BCUT2D eigenvalue weighted by Crippen LogP contribution is 2.34. The van der Waals surface area contributed by atoms with Crippen LogP contribution in [0.5, 0.6) is 0 Å². The number of nitrogens with one attached hydrogen (secondary N) is 1. The van der Waals surface area contributed by atoms with Crippen LogP contribution in [0.3, 0.4) is 0 Å². The molecule has 0 saturated heterocycles. The minimum absolute atomic E-state index is 0.140. The smallest absolute Gasteiger partial charge is 0.312 e. The van der Waals surface area contributed by atoms with Crippen molar-refractivity contribution in [2.75, 3.05) is 0 Å². The van der Waals surface area contributed by atoms with Gasteiger partial charge in [-0.2, -0.15) is 9.71 Å². The molecular weight excluding hydrogens is 370 g/mol. The summed E-state index contributed by atoms with van der Waals surface area (Å²) in [5, 5.41) is 13.2. The molecule has 1 aliphatic carbocycles. The number of rotatable bonds is 5. The molecule has 2 N–H and O–H groups in total. The fraction of sp³-hybridized carbons (Fsp3) is 0.294. The predicted octanol–water partition coefficient (Wildman–Crippen LogP) is 1.24. The highest BCUT2D eigenvalue weighted by atomic mass is 32.2. The third kappa shape index (κ3) is 3.17. The third-order valence-corrected chi connectivity index (χ3v) is 5.70. The number of hydrogen-bond acceptors (Lipinski definition) is 6. The van der Waals surface area contributed by atoms with E-state index in [1.54, 1.807) is 45.1 Å². The van der Waals surface area contributed by atoms with Crippen LogP contribution >= 0.6 is 0 Å². The van der Waals surface area contributed by atoms with Crippen LogP contribution in [-0.2, 0) is 14.8 Å². The molecule has 0 amide bonds. The van der Waals surface area contributed by atoms with Crippen LogP contribution in [0, 0.1) is 12.8 Å². The Labute approximate surface area is 156 Å². The van der Waals surface area contributed by atoms with Crippen molar-refractivity contribution >= 4 is 21.8 Å². The monoisotopic (exact) mass is 389 g/mol. The molecule has 3 rings (SSSR count). The molecule has 9 nitrogen and oxygen atoms in total. The number of fused-ring (bicyclic) bond motifs is 1. The van der Waals surface area contributed by atoms with Gasteiger partial charge in [0.15, 0.2) is 0 Å². The van der Waals surface area contributed by atoms with Gasteiger partial charge in [-0.05, 0) is 32.4 Å². The summed E-state index contributed by atoms with van der Waals surface area (Å²) in [5.41, 5.74) is -0.261. The van der Waals surface area contributed by atoms with Crippen LogP contribution in [-0.4, -0.2) is 44.6 Å². The average Bonchev–Trinajstić information content (AvgIpc) is 3.04. The fourth-order valence-corrected chi connectivity index (χ4v) is 4.35. The molecule has 10 heteroatoms. The Morgan fingerprint density at radius 2 is 2.15 bits per heavy atom. The lowest BCUT2D eigenvalue weighted by molar-refractivity contribution is -0.141. The van der Waals surface area contributed by atoms with Gasteiger partial charge in [0.05, 0.1) is 5.54 Å². The van der Waals surface area contributed by atoms with Crippen molar-refractivity contribution in [3.63, 3.8) is 0 Å². The van der Waals surface area contributed by atoms with Gasteiger partial charge in [-0.25, -0.2) is 17.9 Å². The van der Waals surface area contributed by atoms with Gasteiger partial charge in [-0.3, -0.25) is 4.79 Å². The zero-order valence-corrected chi connectivity index (χ0v) is 15.8. The Morgan fingerprint density at radius 3 is 2.78 bits per heavy atom. The number of carbonyl (C=O) groups is 1. The minimum atomic E-state index is -4.24. The van der Waals surface area contributed by atoms with Crippen LogP contribution < -0.4 is 4.72 Å². The molecule has 1 aliphatic rings. The SMILES string of the molecule is CC=CC1(NS(=O)(=O)c2nc3nccc(C)n3n2)C(C)=CC=CC1C(=O)O. The van der Waals surface area contributed by atoms with Crippen molar-refractivity contribution in [3.05, 3.63) is 53.9 Å². The normalized spacial score (nSPS) is 23.1. The molecule has 2 atom stereocenters. The topological polar surface area (TPSA) is 127 Å². The maximum Gasteiger partial charge on any atom is 0.312 e. The third-order valence-electron chi connectivity index (χ3n) is 4.44. The molecule has 0 radical (unpaired) electrons. The molecule has 0 spiro atoms. The highest BCUT2D eigenvalue weighted by molar-refractivity contribution is 7.89. The molecule has 2 aromatic rings. The quantitative estimate of drug-likeness (QED) is 0.737. The van der Waals surface area contributed by atoms with Crippen molar-refractivity contribution < 1.29 is 18.3 Å². The molecule has 142 valence electrons. The van der Waals surface area contributed by atoms with Crippen molar-refractivity contribution in [2.45, 2.75) is 31.5 Å². The van der Waals surface area contributed by atoms with Crippen LogP contribution in [0.2, 0.25) is 0 Å². The second-order valence-electron chi connectivity index (χ2n) is 6.22. The number of aromatic nitrogens is 4. The predicted molar refractivity (Wildman–Crippen MR) is 97.4 cm³/mol. The number of hydrogen-bond donors (Lipinski definition) is 2. The molecule has 0 aromatic carbocycles. The summed E-state index contributed by atoms with van der Waals surface area (Å²) in [4.78, 5) is 19.8. The molecular formula is C17H19N5O4S. The van der Waals surface area contributed by atoms with E-state index in [0.29, 0.717) is 11.3 Å². The zero-order valence-electron chi connectivity index (χ0n) is 15.0. The Balaban J connectivity index is 2.12. The number of allylic oxidation sites excluding steroid dienone is 3. The van der Waals surface area contributed by atoms with Gasteiger partial charge in [-0.1, -0.05) is 30.4 Å². The van der Waals surface area contributed by atoms with Gasteiger partial charge in [-0.15, -0.1) is 5.10 Å². The zero-order chi connectivity index (χ0) is 19.8. The van der Waals surface area contributed by atoms with Crippen molar-refractivity contribution in [2.24, 2.45) is 5.92 Å². The minimum Gasteiger partial charge on any atom is -0.481 e. The van der Waals surface area contributed by atoms with E-state index < -0.39 is 32.6 Å². The summed E-state index contributed by atoms with van der Waals surface area (Å²) in [5.74, 6) is -2.13. The van der Waals surface area contributed by atoms with Gasteiger partial charge >= 0.3 is 5.97 Å². The van der Waals surface area contributed by atoms with E-state index in [1.165, 1.54) is 22.9 Å². The molecule has 2 unspecified atom stereocenters. The number of aliphatic carboxylic acids is 1. The maximum absolute atomic E-state index is 13.0. The van der Waals surface area contributed by atoms with E-state index in [4.69, 9.17) is 0 Å². The number of nitrogens with zero attached hydrogens (tertiary/aromatic N) is 4. The number of sulfonamides is 1. The second kappa shape index (κ2) is 6.71. The Hall–Kier alpha value is -2.85. The van der Waals surface area contributed by atoms with E-state index in [1.807, 2.05) is 0 Å². The van der Waals surface area contributed by atoms with Crippen molar-refractivity contribution in [3.8, 4) is 0 Å². The summed E-state index contributed by atoms with van der Waals surface area (Å²) in [6.45, 7) is 5.11. The highest BCUT2D eigenvalue weighted by Gasteiger charge is 2.46. The van der Waals surface area contributed by atoms with E-state index in [9.17, 15) is 18.3 Å². The van der Waals surface area contributed by atoms with Gasteiger partial charge in [0, 0.05) is 11.9 Å². The molecule has 2 aromatic heterocycles. The summed E-state index contributed by atoms with van der Waals surface area (Å²) in [6.07, 6.45) is 9.35. The Morgan fingerprint density at radius 1 is 1.41 bits per heavy atom. The Kier molecular flexibility index (Phi) is 4.70. The second-order valence-corrected chi connectivity index (χ2v) is 7.79. The van der Waals surface area contributed by atoms with E-state index in [0.717, 1.165) is 0 Å². The van der Waals surface area contributed by atoms with Crippen molar-refractivity contribution in [1.29, 1.82) is 0 Å². The average molecular weight is 389 g/mol. The fourth-order valence-electron chi connectivity index (χ4n) is 3.07. The molecule has 0 aliphatic heterocycles. The lowest BCUT2D eigenvalue weighted by Gasteiger charge is -2.37. The molecule has 0 saturated carbocycles. The molecule has 2 heterocycles. The lowest BCUT2D eigenvalue weighted by atomic mass is 9.75. The standard InChI is InChI=1S/C17H19N5O4S/c1-4-9-17(11(2)6-5-7-13(17)14(23)24)21-27(25,26)16-19-15-18-10-8-12(3)22(15)20-16/h4-10,13,21H,1-3H3,(H,23,24). The van der Waals surface area contributed by atoms with Crippen LogP contribution in [0.15, 0.2) is 53.4 Å². The van der Waals surface area contributed by atoms with Crippen LogP contribution in [0.4, 0.5) is 0 Å². The summed E-state index contributed by atoms with van der Waals surface area (Å²) in [7, 11) is -4.24. The first-order valence-electron chi connectivity index (χ1n) is 8.16. The summed E-state index contributed by atoms with van der Waals surface area (Å²) >= 11 is 0. The van der Waals surface area contributed by atoms with Gasteiger partial charge in [0.1, 0.15) is 5.92 Å². The summed E-state index contributed by atoms with van der Waals surface area (Å²) in [6, 6.07) is 1.67. The Bertz CT molecular complexity index is 1100. The first-order valence-corrected chi connectivity index (χ1v) is 9.64. The molecule has 27 heavy (non-hydrogen) atoms. The first kappa shape index (κ1) is 18.9. The van der Waals surface area contributed by atoms with Gasteiger partial charge in [0.25, 0.3) is 21.0 Å². The van der Waals surface area contributed by atoms with Crippen LogP contribution in [0.25, 0.3) is 5.78 Å². The summed E-state index contributed by atoms with van der Waals surface area (Å²) < 4.78 is 29.9. The number of carboxylic acids is 1. The molecule has 0 bridgehead atoms. The van der Waals surface area contributed by atoms with Crippen LogP contribution in [0.1, 0.15) is 19.5 Å². The van der Waals surface area contributed by atoms with E-state index in [-0.39, 0.29) is 5.78 Å². The van der Waals surface area contributed by atoms with Crippen molar-refractivity contribution in [1.82, 2.24) is 24.3 Å². The lowest BCUT2D eigenvalue weighted by Crippen LogP contribution is -2.55. The number of carboxylic acid groups (broad SMARTS) is 1. The number of aryl methyl sites for hydroxylation is 1. The first-order chi connectivity index (χ1) is 12.7. The maximum atomic E-state index is 13.0. The van der Waals surface area contributed by atoms with E-state index in [2.05, 4.69) is 19.8 Å². The van der Waals surface area contributed by atoms with Gasteiger partial charge in [0.2, 0.25) is 0 Å². The van der Waals surface area contributed by atoms with E-state index >= 15 is 0 Å². The van der Waals surface area contributed by atoms with Gasteiger partial charge < -0.3 is 5.11 Å². The molecule has 0 fully saturated rings.